The molecule has 0 radical (unpaired) electrons. The highest BCUT2D eigenvalue weighted by Crippen LogP contribution is 2.28. The number of aliphatic imine (C=N–C) groups is 1. The monoisotopic (exact) mass is 223 g/mol. The lowest BCUT2D eigenvalue weighted by Gasteiger charge is -2.18. The van der Waals surface area contributed by atoms with Crippen LogP contribution in [0.4, 0.5) is 0 Å². The molecule has 1 saturated heterocycles. The predicted molar refractivity (Wildman–Crippen MR) is 57.4 cm³/mol. The fraction of sp³-hybridized carbons (Fsp3) is 0.300. The number of nitrogens with zero attached hydrogens (tertiary/aromatic N) is 2. The molecule has 4 nitrogen and oxygen atoms in total. The van der Waals surface area contributed by atoms with Crippen molar-refractivity contribution in [2.24, 2.45) is 4.99 Å². The Morgan fingerprint density at radius 3 is 3.00 bits per heavy atom. The van der Waals surface area contributed by atoms with E-state index in [-0.39, 0.29) is 6.23 Å². The van der Waals surface area contributed by atoms with Crippen LogP contribution in [-0.2, 0) is 4.84 Å². The summed E-state index contributed by atoms with van der Waals surface area (Å²) in [6, 6.07) is 7.67. The van der Waals surface area contributed by atoms with Crippen LogP contribution in [-0.4, -0.2) is 23.9 Å². The normalized spacial score (nSPS) is 23.7. The molecule has 0 saturated carbocycles. The van der Waals surface area contributed by atoms with Crippen LogP contribution in [0.2, 0.25) is 5.02 Å². The van der Waals surface area contributed by atoms with Crippen molar-refractivity contribution >= 4 is 17.6 Å². The van der Waals surface area contributed by atoms with Gasteiger partial charge in [0.25, 0.3) is 0 Å². The zero-order valence-corrected chi connectivity index (χ0v) is 8.74. The average molecular weight is 224 g/mol. The highest BCUT2D eigenvalue weighted by molar-refractivity contribution is 6.30. The van der Waals surface area contributed by atoms with Gasteiger partial charge in [0, 0.05) is 17.1 Å². The van der Waals surface area contributed by atoms with Gasteiger partial charge in [-0.15, -0.1) is 0 Å². The van der Waals surface area contributed by atoms with Crippen LogP contribution in [0, 0.1) is 0 Å². The summed E-state index contributed by atoms with van der Waals surface area (Å²) < 4.78 is 0. The first-order valence-electron chi connectivity index (χ1n) is 4.83. The molecule has 1 unspecified atom stereocenters. The van der Waals surface area contributed by atoms with Gasteiger partial charge < -0.3 is 4.90 Å². The molecule has 1 aromatic rings. The number of nitrogens with one attached hydrogen (secondary N) is 1. The second-order valence-corrected chi connectivity index (χ2v) is 3.96. The van der Waals surface area contributed by atoms with Gasteiger partial charge in [-0.1, -0.05) is 23.7 Å². The first-order valence-corrected chi connectivity index (χ1v) is 5.20. The molecule has 0 bridgehead atoms. The fourth-order valence-corrected chi connectivity index (χ4v) is 1.95. The molecule has 1 N–H and O–H groups in total. The summed E-state index contributed by atoms with van der Waals surface area (Å²) in [5, 5.41) is 0.736. The molecule has 0 aliphatic carbocycles. The van der Waals surface area contributed by atoms with Gasteiger partial charge in [-0.3, -0.25) is 0 Å². The van der Waals surface area contributed by atoms with Crippen LogP contribution in [0.25, 0.3) is 0 Å². The van der Waals surface area contributed by atoms with E-state index in [1.165, 1.54) is 0 Å². The second kappa shape index (κ2) is 3.40. The van der Waals surface area contributed by atoms with Crippen LogP contribution in [0.1, 0.15) is 11.8 Å². The van der Waals surface area contributed by atoms with Crippen LogP contribution in [0.5, 0.6) is 0 Å². The molecule has 78 valence electrons. The van der Waals surface area contributed by atoms with Crippen molar-refractivity contribution in [1.29, 1.82) is 0 Å². The van der Waals surface area contributed by atoms with Crippen LogP contribution in [0.15, 0.2) is 29.3 Å². The number of benzene rings is 1. The van der Waals surface area contributed by atoms with Crippen molar-refractivity contribution in [3.8, 4) is 0 Å². The lowest BCUT2D eigenvalue weighted by atomic mass is 10.2. The summed E-state index contributed by atoms with van der Waals surface area (Å²) >= 11 is 5.84. The molecular weight excluding hydrogens is 214 g/mol. The Kier molecular flexibility index (Phi) is 2.04. The summed E-state index contributed by atoms with van der Waals surface area (Å²) in [5.41, 5.74) is 3.91. The number of hydrogen-bond acceptors (Lipinski definition) is 4. The van der Waals surface area contributed by atoms with Crippen molar-refractivity contribution in [3.63, 3.8) is 0 Å². The number of hydrogen-bond donors (Lipinski definition) is 1. The van der Waals surface area contributed by atoms with Gasteiger partial charge in [-0.05, 0) is 12.1 Å². The molecule has 2 aliphatic heterocycles. The third-order valence-corrected chi connectivity index (χ3v) is 2.83. The zero-order chi connectivity index (χ0) is 10.3. The van der Waals surface area contributed by atoms with E-state index in [4.69, 9.17) is 16.4 Å². The van der Waals surface area contributed by atoms with E-state index < -0.39 is 0 Å². The maximum Gasteiger partial charge on any atom is 0.221 e. The van der Waals surface area contributed by atoms with Crippen molar-refractivity contribution in [1.82, 2.24) is 10.4 Å². The number of guanidine groups is 1. The van der Waals surface area contributed by atoms with E-state index in [1.807, 2.05) is 24.3 Å². The van der Waals surface area contributed by atoms with Gasteiger partial charge in [-0.25, -0.2) is 15.3 Å². The number of hydroxylamine groups is 1. The Morgan fingerprint density at radius 2 is 2.20 bits per heavy atom. The predicted octanol–water partition coefficient (Wildman–Crippen LogP) is 1.54. The highest BCUT2D eigenvalue weighted by Gasteiger charge is 2.34. The van der Waals surface area contributed by atoms with Crippen molar-refractivity contribution < 1.29 is 4.84 Å². The van der Waals surface area contributed by atoms with Crippen molar-refractivity contribution in [2.75, 3.05) is 13.1 Å². The van der Waals surface area contributed by atoms with Gasteiger partial charge in [0.1, 0.15) is 0 Å². The Hall–Kier alpha value is -1.26. The minimum Gasteiger partial charge on any atom is -0.308 e. The molecule has 15 heavy (non-hydrogen) atoms. The van der Waals surface area contributed by atoms with E-state index in [2.05, 4.69) is 15.4 Å². The molecule has 1 atom stereocenters. The van der Waals surface area contributed by atoms with E-state index >= 15 is 0 Å². The molecular formula is C10H10ClN3O. The summed E-state index contributed by atoms with van der Waals surface area (Å²) in [4.78, 5) is 11.8. The third kappa shape index (κ3) is 1.46. The Balaban J connectivity index is 1.89. The summed E-state index contributed by atoms with van der Waals surface area (Å²) in [6.45, 7) is 1.73. The SMILES string of the molecule is Clc1ccc(C2ONC3=NCCN32)cc1. The molecule has 3 rings (SSSR count). The molecule has 2 heterocycles. The van der Waals surface area contributed by atoms with Gasteiger partial charge in [0.2, 0.25) is 5.96 Å². The summed E-state index contributed by atoms with van der Waals surface area (Å²) in [5.74, 6) is 0.829. The Bertz CT molecular complexity index is 404. The maximum atomic E-state index is 5.84. The molecule has 0 spiro atoms. The van der Waals surface area contributed by atoms with E-state index in [0.717, 1.165) is 29.6 Å². The third-order valence-electron chi connectivity index (χ3n) is 2.57. The van der Waals surface area contributed by atoms with E-state index in [0.29, 0.717) is 0 Å². The second-order valence-electron chi connectivity index (χ2n) is 3.52. The molecule has 2 aliphatic rings. The van der Waals surface area contributed by atoms with Crippen molar-refractivity contribution in [3.05, 3.63) is 34.9 Å². The van der Waals surface area contributed by atoms with Crippen molar-refractivity contribution in [2.45, 2.75) is 6.23 Å². The number of rotatable bonds is 1. The van der Waals surface area contributed by atoms with Crippen LogP contribution in [0.3, 0.4) is 0 Å². The number of halogens is 1. The lowest BCUT2D eigenvalue weighted by molar-refractivity contribution is -0.0104. The first kappa shape index (κ1) is 9.00. The highest BCUT2D eigenvalue weighted by atomic mass is 35.5. The fourth-order valence-electron chi connectivity index (χ4n) is 1.83. The van der Waals surface area contributed by atoms with E-state index in [9.17, 15) is 0 Å². The minimum atomic E-state index is -0.0801. The summed E-state index contributed by atoms with van der Waals surface area (Å²) in [7, 11) is 0. The maximum absolute atomic E-state index is 5.84. The van der Waals surface area contributed by atoms with E-state index in [1.54, 1.807) is 0 Å². The molecule has 5 heteroatoms. The number of fused-ring (bicyclic) bond motifs is 1. The quantitative estimate of drug-likeness (QED) is 0.785. The average Bonchev–Trinajstić information content (AvgIpc) is 2.80. The Labute approximate surface area is 92.5 Å². The molecule has 1 fully saturated rings. The Morgan fingerprint density at radius 1 is 1.40 bits per heavy atom. The summed E-state index contributed by atoms with van der Waals surface area (Å²) in [6.07, 6.45) is -0.0801. The van der Waals surface area contributed by atoms with Gasteiger partial charge >= 0.3 is 0 Å². The van der Waals surface area contributed by atoms with Crippen LogP contribution >= 0.6 is 11.6 Å². The largest absolute Gasteiger partial charge is 0.308 e. The topological polar surface area (TPSA) is 36.9 Å². The first-order chi connectivity index (χ1) is 7.34. The van der Waals surface area contributed by atoms with Gasteiger partial charge in [0.05, 0.1) is 6.54 Å². The van der Waals surface area contributed by atoms with Gasteiger partial charge in [-0.2, -0.15) is 0 Å². The zero-order valence-electron chi connectivity index (χ0n) is 7.98. The standard InChI is InChI=1S/C10H10ClN3O/c11-8-3-1-7(2-4-8)9-14-6-5-12-10(14)13-15-9/h1-4,9H,5-6H2,(H,12,13). The van der Waals surface area contributed by atoms with Gasteiger partial charge in [0.15, 0.2) is 6.23 Å². The van der Waals surface area contributed by atoms with Crippen LogP contribution < -0.4 is 5.48 Å². The molecule has 0 amide bonds. The smallest absolute Gasteiger partial charge is 0.221 e. The lowest BCUT2D eigenvalue weighted by Crippen LogP contribution is -2.27. The molecule has 0 aromatic heterocycles. The molecule has 1 aromatic carbocycles. The minimum absolute atomic E-state index is 0.0801.